The Morgan fingerprint density at radius 2 is 1.70 bits per heavy atom. The van der Waals surface area contributed by atoms with Crippen molar-refractivity contribution >= 4 is 27.5 Å². The minimum absolute atomic E-state index is 0.0798. The Kier molecular flexibility index (Phi) is 5.66. The van der Waals surface area contributed by atoms with E-state index in [-0.39, 0.29) is 29.0 Å². The molecule has 0 radical (unpaired) electrons. The molecule has 4 rings (SSSR count). The fourth-order valence-corrected chi connectivity index (χ4v) is 6.71. The monoisotopic (exact) mass is 433 g/mol. The van der Waals surface area contributed by atoms with Crippen LogP contribution in [-0.4, -0.2) is 62.2 Å². The highest BCUT2D eigenvalue weighted by atomic mass is 32.2. The van der Waals surface area contributed by atoms with E-state index < -0.39 is 10.0 Å². The Labute approximate surface area is 179 Å². The van der Waals surface area contributed by atoms with E-state index in [2.05, 4.69) is 0 Å². The van der Waals surface area contributed by atoms with E-state index >= 15 is 0 Å². The number of amides is 2. The summed E-state index contributed by atoms with van der Waals surface area (Å²) in [6.07, 6.45) is 5.18. The van der Waals surface area contributed by atoms with Crippen molar-refractivity contribution in [1.29, 1.82) is 0 Å². The first kappa shape index (κ1) is 21.3. The minimum Gasteiger partial charge on any atom is -0.341 e. The van der Waals surface area contributed by atoms with Crippen molar-refractivity contribution in [3.63, 3.8) is 0 Å². The van der Waals surface area contributed by atoms with E-state index in [1.807, 2.05) is 18.7 Å². The molecule has 164 valence electrons. The number of rotatable bonds is 6. The number of hydrogen-bond acceptors (Lipinski definition) is 4. The summed E-state index contributed by atoms with van der Waals surface area (Å²) in [6.45, 7) is 6.48. The minimum atomic E-state index is -3.53. The van der Waals surface area contributed by atoms with Crippen molar-refractivity contribution in [3.8, 4) is 0 Å². The van der Waals surface area contributed by atoms with E-state index in [9.17, 15) is 18.0 Å². The molecule has 30 heavy (non-hydrogen) atoms. The fourth-order valence-electron chi connectivity index (χ4n) is 5.25. The number of sulfonamides is 1. The van der Waals surface area contributed by atoms with Crippen molar-refractivity contribution in [2.24, 2.45) is 11.3 Å². The Balaban J connectivity index is 1.41. The van der Waals surface area contributed by atoms with Gasteiger partial charge in [0.15, 0.2) is 0 Å². The van der Waals surface area contributed by atoms with E-state index in [0.717, 1.165) is 13.1 Å². The number of anilines is 1. The van der Waals surface area contributed by atoms with Crippen LogP contribution in [-0.2, 0) is 19.6 Å². The average molecular weight is 434 g/mol. The van der Waals surface area contributed by atoms with E-state index in [1.165, 1.54) is 30.0 Å². The molecule has 1 aromatic rings. The van der Waals surface area contributed by atoms with E-state index in [0.29, 0.717) is 30.7 Å². The highest BCUT2D eigenvalue weighted by Gasteiger charge is 2.49. The van der Waals surface area contributed by atoms with Gasteiger partial charge in [-0.05, 0) is 37.1 Å². The highest BCUT2D eigenvalue weighted by molar-refractivity contribution is 7.89. The van der Waals surface area contributed by atoms with Crippen LogP contribution in [0, 0.1) is 11.3 Å². The van der Waals surface area contributed by atoms with Crippen LogP contribution in [0.4, 0.5) is 5.69 Å². The molecule has 8 heteroatoms. The van der Waals surface area contributed by atoms with Gasteiger partial charge < -0.3 is 9.80 Å². The molecule has 1 aromatic carbocycles. The Morgan fingerprint density at radius 3 is 2.27 bits per heavy atom. The summed E-state index contributed by atoms with van der Waals surface area (Å²) in [5, 5.41) is 0. The number of hydrogen-bond donors (Lipinski definition) is 0. The van der Waals surface area contributed by atoms with Gasteiger partial charge in [0.1, 0.15) is 0 Å². The SMILES string of the molecule is CCN(CC)S(=O)(=O)c1ccc(N2CC(C(=O)N3CC4(CCCC4)C3)CC2=O)cc1. The summed E-state index contributed by atoms with van der Waals surface area (Å²) in [5.41, 5.74) is 0.995. The number of benzene rings is 1. The van der Waals surface area contributed by atoms with Crippen molar-refractivity contribution in [2.45, 2.75) is 50.8 Å². The van der Waals surface area contributed by atoms with Gasteiger partial charge in [-0.1, -0.05) is 26.7 Å². The van der Waals surface area contributed by atoms with Crippen LogP contribution in [0.3, 0.4) is 0 Å². The van der Waals surface area contributed by atoms with Crippen LogP contribution >= 0.6 is 0 Å². The normalized spacial score (nSPS) is 23.4. The van der Waals surface area contributed by atoms with Crippen molar-refractivity contribution < 1.29 is 18.0 Å². The summed E-state index contributed by atoms with van der Waals surface area (Å²) >= 11 is 0. The molecule has 3 fully saturated rings. The molecule has 2 heterocycles. The first-order valence-electron chi connectivity index (χ1n) is 11.0. The lowest BCUT2D eigenvalue weighted by Crippen LogP contribution is -2.58. The van der Waals surface area contributed by atoms with Crippen molar-refractivity contribution in [1.82, 2.24) is 9.21 Å². The lowest BCUT2D eigenvalue weighted by Gasteiger charge is -2.49. The molecule has 7 nitrogen and oxygen atoms in total. The summed E-state index contributed by atoms with van der Waals surface area (Å²) in [7, 11) is -3.53. The molecule has 1 saturated carbocycles. The molecule has 2 amide bonds. The molecule has 0 aromatic heterocycles. The smallest absolute Gasteiger partial charge is 0.243 e. The largest absolute Gasteiger partial charge is 0.341 e. The van der Waals surface area contributed by atoms with Crippen molar-refractivity contribution in [2.75, 3.05) is 37.6 Å². The Hall–Kier alpha value is -1.93. The molecule has 1 unspecified atom stereocenters. The number of carbonyl (C=O) groups is 2. The molecular weight excluding hydrogens is 402 g/mol. The molecule has 1 spiro atoms. The maximum absolute atomic E-state index is 12.9. The van der Waals surface area contributed by atoms with Gasteiger partial charge in [0.25, 0.3) is 0 Å². The summed E-state index contributed by atoms with van der Waals surface area (Å²) < 4.78 is 26.7. The predicted octanol–water partition coefficient (Wildman–Crippen LogP) is 2.47. The summed E-state index contributed by atoms with van der Waals surface area (Å²) in [6, 6.07) is 6.42. The van der Waals surface area contributed by atoms with Gasteiger partial charge in [0, 0.05) is 50.2 Å². The molecule has 0 bridgehead atoms. The third-order valence-corrected chi connectivity index (χ3v) is 9.06. The van der Waals surface area contributed by atoms with Gasteiger partial charge in [0.05, 0.1) is 10.8 Å². The second-order valence-electron chi connectivity index (χ2n) is 8.89. The Morgan fingerprint density at radius 1 is 1.10 bits per heavy atom. The van der Waals surface area contributed by atoms with Crippen LogP contribution in [0.25, 0.3) is 0 Å². The number of nitrogens with zero attached hydrogens (tertiary/aromatic N) is 3. The first-order valence-corrected chi connectivity index (χ1v) is 12.4. The van der Waals surface area contributed by atoms with Gasteiger partial charge in [-0.3, -0.25) is 9.59 Å². The standard InChI is InChI=1S/C22H31N3O4S/c1-3-24(4-2)30(28,29)19-9-7-18(8-10-19)25-14-17(13-20(25)26)21(27)23-15-22(16-23)11-5-6-12-22/h7-10,17H,3-6,11-16H2,1-2H3. The second-order valence-corrected chi connectivity index (χ2v) is 10.8. The fraction of sp³-hybridized carbons (Fsp3) is 0.636. The third kappa shape index (κ3) is 3.64. The molecular formula is C22H31N3O4S. The third-order valence-electron chi connectivity index (χ3n) is 6.99. The number of carbonyl (C=O) groups excluding carboxylic acids is 2. The van der Waals surface area contributed by atoms with E-state index in [4.69, 9.17) is 0 Å². The van der Waals surface area contributed by atoms with E-state index in [1.54, 1.807) is 29.2 Å². The molecule has 0 N–H and O–H groups in total. The van der Waals surface area contributed by atoms with Gasteiger partial charge in [0.2, 0.25) is 21.8 Å². The van der Waals surface area contributed by atoms with Crippen LogP contribution < -0.4 is 4.90 Å². The quantitative estimate of drug-likeness (QED) is 0.691. The summed E-state index contributed by atoms with van der Waals surface area (Å²) in [4.78, 5) is 29.2. The lowest BCUT2D eigenvalue weighted by molar-refractivity contribution is -0.147. The lowest BCUT2D eigenvalue weighted by atomic mass is 9.77. The van der Waals surface area contributed by atoms with Crippen LogP contribution in [0.5, 0.6) is 0 Å². The first-order chi connectivity index (χ1) is 14.3. The van der Waals surface area contributed by atoms with Crippen LogP contribution in [0.1, 0.15) is 46.0 Å². The molecule has 1 aliphatic carbocycles. The predicted molar refractivity (Wildman–Crippen MR) is 114 cm³/mol. The van der Waals surface area contributed by atoms with Crippen LogP contribution in [0.2, 0.25) is 0 Å². The maximum atomic E-state index is 12.9. The van der Waals surface area contributed by atoms with Gasteiger partial charge in [-0.15, -0.1) is 0 Å². The van der Waals surface area contributed by atoms with Gasteiger partial charge >= 0.3 is 0 Å². The summed E-state index contributed by atoms with van der Waals surface area (Å²) in [5.74, 6) is -0.303. The zero-order valence-electron chi connectivity index (χ0n) is 17.8. The van der Waals surface area contributed by atoms with Gasteiger partial charge in [-0.25, -0.2) is 8.42 Å². The Bertz CT molecular complexity index is 910. The highest BCUT2D eigenvalue weighted by Crippen LogP contribution is 2.46. The topological polar surface area (TPSA) is 78.0 Å². The average Bonchev–Trinajstić information content (AvgIpc) is 3.34. The molecule has 2 saturated heterocycles. The molecule has 2 aliphatic heterocycles. The zero-order valence-corrected chi connectivity index (χ0v) is 18.7. The molecule has 3 aliphatic rings. The van der Waals surface area contributed by atoms with Gasteiger partial charge in [-0.2, -0.15) is 4.31 Å². The van der Waals surface area contributed by atoms with Crippen molar-refractivity contribution in [3.05, 3.63) is 24.3 Å². The zero-order chi connectivity index (χ0) is 21.5. The van der Waals surface area contributed by atoms with Crippen LogP contribution in [0.15, 0.2) is 29.2 Å². The molecule has 1 atom stereocenters. The number of likely N-dealkylation sites (tertiary alicyclic amines) is 1. The second kappa shape index (κ2) is 7.96. The maximum Gasteiger partial charge on any atom is 0.243 e.